The van der Waals surface area contributed by atoms with Gasteiger partial charge in [-0.05, 0) is 67.8 Å². The summed E-state index contributed by atoms with van der Waals surface area (Å²) in [5, 5.41) is 0. The second-order valence-corrected chi connectivity index (χ2v) is 7.50. The number of esters is 1. The number of nitrogens with zero attached hydrogens (tertiary/aromatic N) is 1. The summed E-state index contributed by atoms with van der Waals surface area (Å²) in [6.45, 7) is 8.20. The maximum absolute atomic E-state index is 10.9. The van der Waals surface area contributed by atoms with Crippen molar-refractivity contribution in [1.82, 2.24) is 4.98 Å². The van der Waals surface area contributed by atoms with E-state index in [4.69, 9.17) is 14.2 Å². The molecular formula is C26H27NO5. The molecule has 2 aromatic carbocycles. The minimum atomic E-state index is -0.331. The predicted molar refractivity (Wildman–Crippen MR) is 122 cm³/mol. The molecule has 0 spiro atoms. The van der Waals surface area contributed by atoms with Crippen molar-refractivity contribution in [2.24, 2.45) is 0 Å². The highest BCUT2D eigenvalue weighted by Gasteiger charge is 2.13. The summed E-state index contributed by atoms with van der Waals surface area (Å²) in [4.78, 5) is 26.3. The monoisotopic (exact) mass is 433 g/mol. The lowest BCUT2D eigenvalue weighted by molar-refractivity contribution is -0.141. The number of carbonyl (C=O) groups is 2. The normalized spacial score (nSPS) is 10.5. The van der Waals surface area contributed by atoms with Crippen LogP contribution in [-0.2, 0) is 16.1 Å². The molecule has 166 valence electrons. The molecule has 0 bridgehead atoms. The lowest BCUT2D eigenvalue weighted by Gasteiger charge is -2.16. The van der Waals surface area contributed by atoms with Crippen LogP contribution >= 0.6 is 0 Å². The molecule has 3 aromatic rings. The summed E-state index contributed by atoms with van der Waals surface area (Å²) >= 11 is 0. The highest BCUT2D eigenvalue weighted by molar-refractivity contribution is 5.75. The first kappa shape index (κ1) is 23.0. The Balaban J connectivity index is 1.76. The standard InChI is InChI=1S/C26H27NO5/c1-17-14-25(19(3)27-26(17)31-13-12-30-20(4)29)24-7-5-6-22(18(24)2)16-32-23-10-8-21(15-28)9-11-23/h5-11,14-15H,12-13,16H2,1-4H3. The Morgan fingerprint density at radius 2 is 1.72 bits per heavy atom. The van der Waals surface area contributed by atoms with Gasteiger partial charge in [0.2, 0.25) is 5.88 Å². The minimum Gasteiger partial charge on any atom is -0.489 e. The molecule has 0 atom stereocenters. The van der Waals surface area contributed by atoms with E-state index < -0.39 is 0 Å². The number of aryl methyl sites for hydroxylation is 2. The molecule has 1 heterocycles. The van der Waals surface area contributed by atoms with E-state index in [0.29, 0.717) is 23.8 Å². The van der Waals surface area contributed by atoms with Crippen molar-refractivity contribution in [3.8, 4) is 22.8 Å². The quantitative estimate of drug-likeness (QED) is 0.268. The number of pyridine rings is 1. The van der Waals surface area contributed by atoms with Crippen LogP contribution < -0.4 is 9.47 Å². The van der Waals surface area contributed by atoms with Crippen molar-refractivity contribution in [3.05, 3.63) is 76.5 Å². The Morgan fingerprint density at radius 3 is 2.41 bits per heavy atom. The molecule has 0 amide bonds. The van der Waals surface area contributed by atoms with Gasteiger partial charge in [0.1, 0.15) is 31.9 Å². The van der Waals surface area contributed by atoms with Crippen LogP contribution in [0.3, 0.4) is 0 Å². The molecule has 0 saturated carbocycles. The molecular weight excluding hydrogens is 406 g/mol. The number of aldehydes is 1. The second kappa shape index (κ2) is 10.6. The van der Waals surface area contributed by atoms with Gasteiger partial charge in [-0.1, -0.05) is 18.2 Å². The van der Waals surface area contributed by atoms with Crippen molar-refractivity contribution in [2.75, 3.05) is 13.2 Å². The second-order valence-electron chi connectivity index (χ2n) is 7.50. The van der Waals surface area contributed by atoms with E-state index >= 15 is 0 Å². The summed E-state index contributed by atoms with van der Waals surface area (Å²) in [5.41, 5.74) is 6.68. The minimum absolute atomic E-state index is 0.191. The summed E-state index contributed by atoms with van der Waals surface area (Å²) in [5.74, 6) is 0.917. The van der Waals surface area contributed by atoms with Crippen LogP contribution in [0.2, 0.25) is 0 Å². The van der Waals surface area contributed by atoms with Crippen molar-refractivity contribution < 1.29 is 23.8 Å². The highest BCUT2D eigenvalue weighted by Crippen LogP contribution is 2.31. The van der Waals surface area contributed by atoms with E-state index in [9.17, 15) is 9.59 Å². The first-order valence-electron chi connectivity index (χ1n) is 10.4. The number of hydrogen-bond donors (Lipinski definition) is 0. The third-order valence-corrected chi connectivity index (χ3v) is 5.13. The lowest BCUT2D eigenvalue weighted by atomic mass is 9.95. The van der Waals surface area contributed by atoms with Crippen LogP contribution in [-0.4, -0.2) is 30.5 Å². The molecule has 3 rings (SSSR count). The average molecular weight is 434 g/mol. The first-order valence-corrected chi connectivity index (χ1v) is 10.4. The number of hydrogen-bond acceptors (Lipinski definition) is 6. The zero-order valence-electron chi connectivity index (χ0n) is 18.8. The Labute approximate surface area is 188 Å². The predicted octanol–water partition coefficient (Wildman–Crippen LogP) is 5.01. The molecule has 1 aromatic heterocycles. The molecule has 0 fully saturated rings. The molecule has 0 aliphatic carbocycles. The van der Waals surface area contributed by atoms with Crippen molar-refractivity contribution in [1.29, 1.82) is 0 Å². The van der Waals surface area contributed by atoms with Gasteiger partial charge < -0.3 is 14.2 Å². The Morgan fingerprint density at radius 1 is 0.969 bits per heavy atom. The summed E-state index contributed by atoms with van der Waals surface area (Å²) < 4.78 is 16.5. The number of ether oxygens (including phenoxy) is 3. The van der Waals surface area contributed by atoms with Crippen LogP contribution in [0.4, 0.5) is 0 Å². The molecule has 0 N–H and O–H groups in total. The van der Waals surface area contributed by atoms with Crippen LogP contribution in [0, 0.1) is 20.8 Å². The third-order valence-electron chi connectivity index (χ3n) is 5.13. The summed E-state index contributed by atoms with van der Waals surface area (Å²) in [7, 11) is 0. The molecule has 0 unspecified atom stereocenters. The molecule has 0 aliphatic rings. The van der Waals surface area contributed by atoms with E-state index in [1.165, 1.54) is 6.92 Å². The molecule has 6 nitrogen and oxygen atoms in total. The van der Waals surface area contributed by atoms with Gasteiger partial charge in [0.25, 0.3) is 0 Å². The topological polar surface area (TPSA) is 74.7 Å². The van der Waals surface area contributed by atoms with Crippen molar-refractivity contribution >= 4 is 12.3 Å². The highest BCUT2D eigenvalue weighted by atomic mass is 16.6. The molecule has 0 saturated heterocycles. The van der Waals surface area contributed by atoms with Crippen LogP contribution in [0.15, 0.2) is 48.5 Å². The number of rotatable bonds is 9. The fourth-order valence-electron chi connectivity index (χ4n) is 3.36. The summed E-state index contributed by atoms with van der Waals surface area (Å²) in [6, 6.07) is 15.2. The zero-order chi connectivity index (χ0) is 23.1. The van der Waals surface area contributed by atoms with Gasteiger partial charge in [0.15, 0.2) is 0 Å². The molecule has 6 heteroatoms. The fourth-order valence-corrected chi connectivity index (χ4v) is 3.36. The van der Waals surface area contributed by atoms with Crippen molar-refractivity contribution in [2.45, 2.75) is 34.3 Å². The first-order chi connectivity index (χ1) is 15.4. The van der Waals surface area contributed by atoms with Gasteiger partial charge in [-0.15, -0.1) is 0 Å². The van der Waals surface area contributed by atoms with Crippen LogP contribution in [0.25, 0.3) is 11.1 Å². The van der Waals surface area contributed by atoms with E-state index in [1.807, 2.05) is 26.0 Å². The Kier molecular flexibility index (Phi) is 7.60. The average Bonchev–Trinajstić information content (AvgIpc) is 2.78. The van der Waals surface area contributed by atoms with E-state index in [0.717, 1.165) is 39.8 Å². The maximum Gasteiger partial charge on any atom is 0.302 e. The zero-order valence-corrected chi connectivity index (χ0v) is 18.8. The molecule has 32 heavy (non-hydrogen) atoms. The van der Waals surface area contributed by atoms with E-state index in [1.54, 1.807) is 24.3 Å². The van der Waals surface area contributed by atoms with Gasteiger partial charge in [-0.25, -0.2) is 4.98 Å². The maximum atomic E-state index is 10.9. The van der Waals surface area contributed by atoms with Gasteiger partial charge in [0, 0.05) is 29.3 Å². The number of benzene rings is 2. The van der Waals surface area contributed by atoms with Crippen LogP contribution in [0.1, 0.15) is 39.7 Å². The van der Waals surface area contributed by atoms with Gasteiger partial charge >= 0.3 is 5.97 Å². The van der Waals surface area contributed by atoms with E-state index in [2.05, 4.69) is 24.0 Å². The Hall–Kier alpha value is -3.67. The summed E-state index contributed by atoms with van der Waals surface area (Å²) in [6.07, 6.45) is 0.811. The van der Waals surface area contributed by atoms with Gasteiger partial charge in [-0.3, -0.25) is 9.59 Å². The smallest absolute Gasteiger partial charge is 0.302 e. The number of carbonyl (C=O) groups excluding carboxylic acids is 2. The van der Waals surface area contributed by atoms with Crippen molar-refractivity contribution in [3.63, 3.8) is 0 Å². The fraction of sp³-hybridized carbons (Fsp3) is 0.269. The third kappa shape index (κ3) is 5.72. The van der Waals surface area contributed by atoms with Crippen LogP contribution in [0.5, 0.6) is 11.6 Å². The lowest BCUT2D eigenvalue weighted by Crippen LogP contribution is -2.11. The number of aromatic nitrogens is 1. The van der Waals surface area contributed by atoms with Gasteiger partial charge in [-0.2, -0.15) is 0 Å². The van der Waals surface area contributed by atoms with E-state index in [-0.39, 0.29) is 19.2 Å². The van der Waals surface area contributed by atoms with Gasteiger partial charge in [0.05, 0.1) is 0 Å². The SMILES string of the molecule is CC(=O)OCCOc1nc(C)c(-c2cccc(COc3ccc(C=O)cc3)c2C)cc1C. The molecule has 0 radical (unpaired) electrons. The Bertz CT molecular complexity index is 1110. The molecule has 0 aliphatic heterocycles. The largest absolute Gasteiger partial charge is 0.489 e.